The summed E-state index contributed by atoms with van der Waals surface area (Å²) < 4.78 is 15.4. The van der Waals surface area contributed by atoms with Crippen LogP contribution in [0.25, 0.3) is 0 Å². The molecular formula is C20H31N3O4S. The summed E-state index contributed by atoms with van der Waals surface area (Å²) in [7, 11) is 4.72. The molecule has 8 heteroatoms. The van der Waals surface area contributed by atoms with Crippen molar-refractivity contribution in [2.45, 2.75) is 26.3 Å². The topological polar surface area (TPSA) is 63.3 Å². The monoisotopic (exact) mass is 409 g/mol. The number of carbonyl (C=O) groups excluding carboxylic acids is 1. The summed E-state index contributed by atoms with van der Waals surface area (Å²) in [5.74, 6) is 1.34. The van der Waals surface area contributed by atoms with Crippen LogP contribution in [0.15, 0.2) is 12.1 Å². The van der Waals surface area contributed by atoms with Gasteiger partial charge >= 0.3 is 5.97 Å². The Morgan fingerprint density at radius 3 is 2.36 bits per heavy atom. The van der Waals surface area contributed by atoms with Crippen LogP contribution in [-0.4, -0.2) is 74.9 Å². The highest BCUT2D eigenvalue weighted by atomic mass is 32.1. The fourth-order valence-electron chi connectivity index (χ4n) is 3.18. The number of esters is 1. The van der Waals surface area contributed by atoms with Gasteiger partial charge in [0.1, 0.15) is 0 Å². The lowest BCUT2D eigenvalue weighted by Crippen LogP contribution is -2.51. The molecule has 28 heavy (non-hydrogen) atoms. The number of aryl methyl sites for hydroxylation is 1. The predicted molar refractivity (Wildman–Crippen MR) is 113 cm³/mol. The van der Waals surface area contributed by atoms with Gasteiger partial charge in [-0.2, -0.15) is 0 Å². The smallest absolute Gasteiger partial charge is 0.305 e. The molecule has 1 N–H and O–H groups in total. The van der Waals surface area contributed by atoms with Crippen molar-refractivity contribution in [1.82, 2.24) is 15.1 Å². The maximum absolute atomic E-state index is 11.1. The van der Waals surface area contributed by atoms with Crippen molar-refractivity contribution in [2.24, 2.45) is 0 Å². The number of piperazine rings is 1. The third kappa shape index (κ3) is 6.24. The van der Waals surface area contributed by atoms with Crippen LogP contribution >= 0.6 is 12.2 Å². The van der Waals surface area contributed by atoms with Gasteiger partial charge in [-0.05, 0) is 48.8 Å². The third-order valence-electron chi connectivity index (χ3n) is 4.96. The number of methoxy groups -OCH3 is 3. The minimum atomic E-state index is -0.188. The van der Waals surface area contributed by atoms with Crippen molar-refractivity contribution >= 4 is 23.3 Å². The van der Waals surface area contributed by atoms with Crippen LogP contribution in [0.2, 0.25) is 0 Å². The lowest BCUT2D eigenvalue weighted by molar-refractivity contribution is -0.140. The van der Waals surface area contributed by atoms with E-state index in [2.05, 4.69) is 32.8 Å². The average Bonchev–Trinajstić information content (AvgIpc) is 2.72. The van der Waals surface area contributed by atoms with Crippen molar-refractivity contribution in [1.29, 1.82) is 0 Å². The summed E-state index contributed by atoms with van der Waals surface area (Å²) in [4.78, 5) is 15.7. The Kier molecular flexibility index (Phi) is 8.79. The molecule has 1 aliphatic heterocycles. The van der Waals surface area contributed by atoms with E-state index in [0.29, 0.717) is 19.4 Å². The second-order valence-electron chi connectivity index (χ2n) is 6.81. The standard InChI is InChI=1S/C20H31N3O4S/c1-15-12-17(25-2)18(26-3)13-16(15)14-22-8-10-23(11-9-22)20(28)21-7-5-6-19(24)27-4/h12-13H,5-11,14H2,1-4H3,(H,21,28). The number of ether oxygens (including phenoxy) is 3. The number of hydrogen-bond donors (Lipinski definition) is 1. The Morgan fingerprint density at radius 1 is 1.11 bits per heavy atom. The van der Waals surface area contributed by atoms with Gasteiger partial charge in [0.15, 0.2) is 16.6 Å². The van der Waals surface area contributed by atoms with Crippen molar-refractivity contribution in [2.75, 3.05) is 54.1 Å². The number of thiocarbonyl (C=S) groups is 1. The molecule has 0 unspecified atom stereocenters. The zero-order valence-electron chi connectivity index (χ0n) is 17.2. The maximum atomic E-state index is 11.1. The van der Waals surface area contributed by atoms with Gasteiger partial charge in [0.25, 0.3) is 0 Å². The molecule has 0 radical (unpaired) electrons. The fourth-order valence-corrected chi connectivity index (χ4v) is 3.47. The number of benzene rings is 1. The summed E-state index contributed by atoms with van der Waals surface area (Å²) in [5, 5.41) is 3.99. The Balaban J connectivity index is 1.79. The van der Waals surface area contributed by atoms with E-state index in [4.69, 9.17) is 21.7 Å². The second kappa shape index (κ2) is 11.1. The van der Waals surface area contributed by atoms with Crippen LogP contribution in [-0.2, 0) is 16.1 Å². The van der Waals surface area contributed by atoms with Crippen LogP contribution in [0.3, 0.4) is 0 Å². The Labute approximate surface area is 172 Å². The lowest BCUT2D eigenvalue weighted by Gasteiger charge is -2.36. The summed E-state index contributed by atoms with van der Waals surface area (Å²) in [5.41, 5.74) is 2.44. The van der Waals surface area contributed by atoms with Crippen LogP contribution in [0.5, 0.6) is 11.5 Å². The van der Waals surface area contributed by atoms with Gasteiger partial charge in [-0.1, -0.05) is 0 Å². The number of carbonyl (C=O) groups is 1. The summed E-state index contributed by atoms with van der Waals surface area (Å²) in [6, 6.07) is 4.09. The fraction of sp³-hybridized carbons (Fsp3) is 0.600. The molecule has 1 heterocycles. The highest BCUT2D eigenvalue weighted by Crippen LogP contribution is 2.30. The second-order valence-corrected chi connectivity index (χ2v) is 7.20. The third-order valence-corrected chi connectivity index (χ3v) is 5.36. The van der Waals surface area contributed by atoms with E-state index >= 15 is 0 Å². The first-order valence-electron chi connectivity index (χ1n) is 9.52. The molecule has 0 aliphatic carbocycles. The molecule has 156 valence electrons. The molecule has 0 amide bonds. The first-order valence-corrected chi connectivity index (χ1v) is 9.92. The Morgan fingerprint density at radius 2 is 1.75 bits per heavy atom. The van der Waals surface area contributed by atoms with Gasteiger partial charge in [-0.25, -0.2) is 0 Å². The minimum absolute atomic E-state index is 0.188. The SMILES string of the molecule is COC(=O)CCCNC(=S)N1CCN(Cc2cc(OC)c(OC)cc2C)CC1. The van der Waals surface area contributed by atoms with E-state index in [1.165, 1.54) is 18.2 Å². The summed E-state index contributed by atoms with van der Waals surface area (Å²) in [6.07, 6.45) is 1.12. The van der Waals surface area contributed by atoms with E-state index in [0.717, 1.165) is 49.3 Å². The molecular weight excluding hydrogens is 378 g/mol. The number of nitrogens with one attached hydrogen (secondary N) is 1. The molecule has 0 atom stereocenters. The highest BCUT2D eigenvalue weighted by molar-refractivity contribution is 7.80. The normalized spacial score (nSPS) is 14.5. The minimum Gasteiger partial charge on any atom is -0.493 e. The predicted octanol–water partition coefficient (Wildman–Crippen LogP) is 1.96. The summed E-state index contributed by atoms with van der Waals surface area (Å²) >= 11 is 5.48. The van der Waals surface area contributed by atoms with Crippen LogP contribution < -0.4 is 14.8 Å². The van der Waals surface area contributed by atoms with E-state index < -0.39 is 0 Å². The van der Waals surface area contributed by atoms with Gasteiger partial charge in [-0.3, -0.25) is 9.69 Å². The average molecular weight is 410 g/mol. The van der Waals surface area contributed by atoms with Gasteiger partial charge in [-0.15, -0.1) is 0 Å². The van der Waals surface area contributed by atoms with Crippen molar-refractivity contribution in [3.8, 4) is 11.5 Å². The number of hydrogen-bond acceptors (Lipinski definition) is 6. The van der Waals surface area contributed by atoms with Gasteiger partial charge < -0.3 is 24.4 Å². The van der Waals surface area contributed by atoms with Crippen LogP contribution in [0.1, 0.15) is 24.0 Å². The molecule has 1 aliphatic rings. The largest absolute Gasteiger partial charge is 0.493 e. The molecule has 0 spiro atoms. The molecule has 1 fully saturated rings. The van der Waals surface area contributed by atoms with E-state index in [1.54, 1.807) is 14.2 Å². The molecule has 7 nitrogen and oxygen atoms in total. The van der Waals surface area contributed by atoms with Crippen molar-refractivity contribution in [3.05, 3.63) is 23.3 Å². The van der Waals surface area contributed by atoms with Gasteiger partial charge in [0.2, 0.25) is 0 Å². The van der Waals surface area contributed by atoms with Crippen molar-refractivity contribution < 1.29 is 19.0 Å². The lowest BCUT2D eigenvalue weighted by atomic mass is 10.1. The molecule has 0 bridgehead atoms. The van der Waals surface area contributed by atoms with Gasteiger partial charge in [0.05, 0.1) is 21.3 Å². The van der Waals surface area contributed by atoms with Crippen LogP contribution in [0.4, 0.5) is 0 Å². The zero-order valence-corrected chi connectivity index (χ0v) is 18.1. The first-order chi connectivity index (χ1) is 13.5. The highest BCUT2D eigenvalue weighted by Gasteiger charge is 2.20. The molecule has 0 saturated carbocycles. The van der Waals surface area contributed by atoms with E-state index in [-0.39, 0.29) is 5.97 Å². The molecule has 1 saturated heterocycles. The molecule has 1 aromatic carbocycles. The number of rotatable bonds is 8. The maximum Gasteiger partial charge on any atom is 0.305 e. The number of nitrogens with zero attached hydrogens (tertiary/aromatic N) is 2. The molecule has 1 aromatic rings. The zero-order chi connectivity index (χ0) is 20.5. The molecule has 2 rings (SSSR count). The summed E-state index contributed by atoms with van der Waals surface area (Å²) in [6.45, 7) is 7.30. The van der Waals surface area contributed by atoms with Crippen LogP contribution in [0, 0.1) is 6.92 Å². The first kappa shape index (κ1) is 22.2. The van der Waals surface area contributed by atoms with E-state index in [1.807, 2.05) is 6.07 Å². The Hall–Kier alpha value is -2.06. The Bertz CT molecular complexity index is 676. The quantitative estimate of drug-likeness (QED) is 0.397. The molecule has 0 aromatic heterocycles. The van der Waals surface area contributed by atoms with Gasteiger partial charge in [0, 0.05) is 45.7 Å². The van der Waals surface area contributed by atoms with Crippen molar-refractivity contribution in [3.63, 3.8) is 0 Å². The van der Waals surface area contributed by atoms with E-state index in [9.17, 15) is 4.79 Å².